The van der Waals surface area contributed by atoms with E-state index in [1.54, 1.807) is 7.11 Å². The highest BCUT2D eigenvalue weighted by Crippen LogP contribution is 2.43. The van der Waals surface area contributed by atoms with E-state index in [0.717, 1.165) is 12.3 Å². The van der Waals surface area contributed by atoms with Crippen LogP contribution in [0.1, 0.15) is 56.2 Å². The average molecular weight is 275 g/mol. The first-order valence-corrected chi connectivity index (χ1v) is 7.89. The molecule has 0 radical (unpaired) electrons. The minimum Gasteiger partial charge on any atom is -0.496 e. The Morgan fingerprint density at radius 1 is 1.30 bits per heavy atom. The van der Waals surface area contributed by atoms with Crippen LogP contribution in [0.3, 0.4) is 0 Å². The van der Waals surface area contributed by atoms with Gasteiger partial charge < -0.3 is 10.1 Å². The van der Waals surface area contributed by atoms with Crippen LogP contribution in [-0.2, 0) is 5.41 Å². The lowest BCUT2D eigenvalue weighted by Gasteiger charge is -2.28. The Morgan fingerprint density at radius 3 is 2.70 bits per heavy atom. The minimum absolute atomic E-state index is 0.312. The summed E-state index contributed by atoms with van der Waals surface area (Å²) in [5.74, 6) is 1.01. The van der Waals surface area contributed by atoms with Gasteiger partial charge in [-0.2, -0.15) is 0 Å². The van der Waals surface area contributed by atoms with Crippen molar-refractivity contribution in [3.8, 4) is 5.75 Å². The fourth-order valence-electron chi connectivity index (χ4n) is 3.67. The normalized spacial score (nSPS) is 25.9. The fraction of sp³-hybridized carbons (Fsp3) is 0.667. The number of rotatable bonds is 5. The molecule has 0 heterocycles. The van der Waals surface area contributed by atoms with E-state index in [0.29, 0.717) is 11.5 Å². The van der Waals surface area contributed by atoms with E-state index in [-0.39, 0.29) is 0 Å². The summed E-state index contributed by atoms with van der Waals surface area (Å²) in [6, 6.07) is 5.22. The molecule has 1 aromatic rings. The van der Waals surface area contributed by atoms with Crippen molar-refractivity contribution in [1.29, 1.82) is 0 Å². The van der Waals surface area contributed by atoms with E-state index in [2.05, 4.69) is 45.1 Å². The fourth-order valence-corrected chi connectivity index (χ4v) is 3.67. The van der Waals surface area contributed by atoms with E-state index in [4.69, 9.17) is 4.74 Å². The first kappa shape index (κ1) is 15.4. The van der Waals surface area contributed by atoms with Gasteiger partial charge in [-0.25, -0.2) is 0 Å². The molecule has 0 spiro atoms. The Balaban J connectivity index is 2.21. The van der Waals surface area contributed by atoms with Crippen LogP contribution in [0.25, 0.3) is 0 Å². The lowest BCUT2D eigenvalue weighted by atomic mass is 9.78. The van der Waals surface area contributed by atoms with Gasteiger partial charge in [-0.1, -0.05) is 19.9 Å². The zero-order valence-corrected chi connectivity index (χ0v) is 13.7. The first-order valence-electron chi connectivity index (χ1n) is 7.89. The Kier molecular flexibility index (Phi) is 4.74. The summed E-state index contributed by atoms with van der Waals surface area (Å²) in [7, 11) is 1.75. The van der Waals surface area contributed by atoms with E-state index < -0.39 is 0 Å². The smallest absolute Gasteiger partial charge is 0.122 e. The molecule has 20 heavy (non-hydrogen) atoms. The molecule has 2 rings (SSSR count). The van der Waals surface area contributed by atoms with Crippen LogP contribution in [0, 0.1) is 13.8 Å². The van der Waals surface area contributed by atoms with Crippen LogP contribution in [0.2, 0.25) is 0 Å². The molecule has 1 aromatic carbocycles. The second kappa shape index (κ2) is 6.17. The molecule has 0 aliphatic heterocycles. The number of nitrogens with one attached hydrogen (secondary N) is 1. The number of aryl methyl sites for hydroxylation is 2. The van der Waals surface area contributed by atoms with Gasteiger partial charge in [0.1, 0.15) is 5.75 Å². The summed E-state index contributed by atoms with van der Waals surface area (Å²) >= 11 is 0. The highest BCUT2D eigenvalue weighted by atomic mass is 16.5. The van der Waals surface area contributed by atoms with Crippen LogP contribution < -0.4 is 10.1 Å². The van der Waals surface area contributed by atoms with Gasteiger partial charge in [-0.15, -0.1) is 0 Å². The van der Waals surface area contributed by atoms with Gasteiger partial charge in [0.2, 0.25) is 0 Å². The predicted molar refractivity (Wildman–Crippen MR) is 85.8 cm³/mol. The van der Waals surface area contributed by atoms with Crippen LogP contribution in [-0.4, -0.2) is 19.7 Å². The molecule has 1 aliphatic rings. The molecule has 112 valence electrons. The second-order valence-corrected chi connectivity index (χ2v) is 6.59. The molecule has 2 atom stereocenters. The number of benzene rings is 1. The summed E-state index contributed by atoms with van der Waals surface area (Å²) in [5.41, 5.74) is 4.44. The summed E-state index contributed by atoms with van der Waals surface area (Å²) in [4.78, 5) is 0. The van der Waals surface area contributed by atoms with Crippen molar-refractivity contribution in [3.05, 3.63) is 28.8 Å². The molecule has 2 unspecified atom stereocenters. The maximum Gasteiger partial charge on any atom is 0.122 e. The van der Waals surface area contributed by atoms with Crippen LogP contribution in [0.15, 0.2) is 12.1 Å². The van der Waals surface area contributed by atoms with Crippen LogP contribution in [0.5, 0.6) is 5.75 Å². The van der Waals surface area contributed by atoms with Gasteiger partial charge in [0.25, 0.3) is 0 Å². The maximum atomic E-state index is 5.44. The van der Waals surface area contributed by atoms with Crippen molar-refractivity contribution >= 4 is 0 Å². The second-order valence-electron chi connectivity index (χ2n) is 6.59. The molecule has 0 bridgehead atoms. The molecular weight excluding hydrogens is 246 g/mol. The van der Waals surface area contributed by atoms with Crippen molar-refractivity contribution in [3.63, 3.8) is 0 Å². The maximum absolute atomic E-state index is 5.44. The number of ether oxygens (including phenoxy) is 1. The van der Waals surface area contributed by atoms with Crippen molar-refractivity contribution in [2.75, 3.05) is 13.7 Å². The van der Waals surface area contributed by atoms with Crippen molar-refractivity contribution in [2.45, 2.75) is 64.8 Å². The summed E-state index contributed by atoms with van der Waals surface area (Å²) in [6.45, 7) is 10.2. The third-order valence-corrected chi connectivity index (χ3v) is 4.82. The monoisotopic (exact) mass is 275 g/mol. The molecule has 0 saturated heterocycles. The largest absolute Gasteiger partial charge is 0.496 e. The molecule has 1 saturated carbocycles. The highest BCUT2D eigenvalue weighted by molar-refractivity contribution is 5.45. The van der Waals surface area contributed by atoms with E-state index in [1.165, 1.54) is 42.4 Å². The number of hydrogen-bond donors (Lipinski definition) is 1. The molecule has 1 N–H and O–H groups in total. The van der Waals surface area contributed by atoms with E-state index in [1.807, 2.05) is 0 Å². The van der Waals surface area contributed by atoms with E-state index >= 15 is 0 Å². The minimum atomic E-state index is 0.312. The third kappa shape index (κ3) is 3.01. The lowest BCUT2D eigenvalue weighted by Crippen LogP contribution is -2.29. The summed E-state index contributed by atoms with van der Waals surface area (Å²) in [6.07, 6.45) is 5.04. The molecule has 1 fully saturated rings. The zero-order valence-electron chi connectivity index (χ0n) is 13.7. The molecule has 1 aliphatic carbocycles. The van der Waals surface area contributed by atoms with Gasteiger partial charge in [-0.3, -0.25) is 0 Å². The van der Waals surface area contributed by atoms with Crippen molar-refractivity contribution in [2.24, 2.45) is 0 Å². The molecule has 2 nitrogen and oxygen atoms in total. The van der Waals surface area contributed by atoms with Gasteiger partial charge in [0.15, 0.2) is 0 Å². The quantitative estimate of drug-likeness (QED) is 0.872. The van der Waals surface area contributed by atoms with Crippen molar-refractivity contribution in [1.82, 2.24) is 5.32 Å². The van der Waals surface area contributed by atoms with Crippen molar-refractivity contribution < 1.29 is 4.74 Å². The SMILES string of the molecule is CCCNC1CCC(C)(c2cc(C)c(OC)cc2C)C1. The van der Waals surface area contributed by atoms with Gasteiger partial charge >= 0.3 is 0 Å². The summed E-state index contributed by atoms with van der Waals surface area (Å²) < 4.78 is 5.44. The average Bonchev–Trinajstić information content (AvgIpc) is 2.81. The molecular formula is C18H29NO. The Morgan fingerprint density at radius 2 is 2.05 bits per heavy atom. The molecule has 0 amide bonds. The zero-order chi connectivity index (χ0) is 14.8. The van der Waals surface area contributed by atoms with E-state index in [9.17, 15) is 0 Å². The van der Waals surface area contributed by atoms with Gasteiger partial charge in [0, 0.05) is 6.04 Å². The predicted octanol–water partition coefficient (Wildman–Crippen LogP) is 4.12. The topological polar surface area (TPSA) is 21.3 Å². The Labute approximate surface area is 123 Å². The lowest BCUT2D eigenvalue weighted by molar-refractivity contribution is 0.409. The van der Waals surface area contributed by atoms with Crippen LogP contribution >= 0.6 is 0 Å². The van der Waals surface area contributed by atoms with Gasteiger partial charge in [-0.05, 0) is 74.2 Å². The highest BCUT2D eigenvalue weighted by Gasteiger charge is 2.37. The standard InChI is InChI=1S/C18H29NO/c1-6-9-19-15-7-8-18(4,12-15)16-10-14(3)17(20-5)11-13(16)2/h10-11,15,19H,6-9,12H2,1-5H3. The third-order valence-electron chi connectivity index (χ3n) is 4.82. The van der Waals surface area contributed by atoms with Crippen LogP contribution in [0.4, 0.5) is 0 Å². The van der Waals surface area contributed by atoms with Gasteiger partial charge in [0.05, 0.1) is 7.11 Å². The summed E-state index contributed by atoms with van der Waals surface area (Å²) in [5, 5.41) is 3.69. The Hall–Kier alpha value is -1.02. The number of methoxy groups -OCH3 is 1. The molecule has 0 aromatic heterocycles. The molecule has 2 heteroatoms. The first-order chi connectivity index (χ1) is 9.50. The number of hydrogen-bond acceptors (Lipinski definition) is 2. The Bertz CT molecular complexity index is 469.